The van der Waals surface area contributed by atoms with Crippen molar-refractivity contribution < 1.29 is 0 Å². The average Bonchev–Trinajstić information content (AvgIpc) is 3.80. The van der Waals surface area contributed by atoms with Gasteiger partial charge in [0.2, 0.25) is 0 Å². The minimum absolute atomic E-state index is 1.15. The molecule has 0 saturated heterocycles. The molecule has 57 heavy (non-hydrogen) atoms. The lowest BCUT2D eigenvalue weighted by Crippen LogP contribution is -1.95. The van der Waals surface area contributed by atoms with Crippen LogP contribution in [0.3, 0.4) is 0 Å². The molecule has 0 radical (unpaired) electrons. The van der Waals surface area contributed by atoms with Crippen LogP contribution in [-0.2, 0) is 7.05 Å². The second-order valence-electron chi connectivity index (χ2n) is 15.3. The Labute approximate surface area is 329 Å². The fourth-order valence-corrected chi connectivity index (χ4v) is 9.86. The maximum atomic E-state index is 3.82. The first-order valence-corrected chi connectivity index (χ1v) is 19.8. The van der Waals surface area contributed by atoms with Crippen molar-refractivity contribution >= 4 is 75.9 Å². The van der Waals surface area contributed by atoms with E-state index in [0.717, 1.165) is 11.0 Å². The number of para-hydroxylation sites is 4. The van der Waals surface area contributed by atoms with Crippen LogP contribution in [0.2, 0.25) is 0 Å². The molecule has 2 heteroatoms. The lowest BCUT2D eigenvalue weighted by molar-refractivity contribution is 1.02. The number of H-pyrrole nitrogens is 1. The summed E-state index contributed by atoms with van der Waals surface area (Å²) in [6, 6.07) is 71.7. The Kier molecular flexibility index (Phi) is 6.88. The lowest BCUT2D eigenvalue weighted by Gasteiger charge is -2.21. The van der Waals surface area contributed by atoms with Crippen molar-refractivity contribution in [1.82, 2.24) is 9.55 Å². The maximum Gasteiger partial charge on any atom is 0.0568 e. The summed E-state index contributed by atoms with van der Waals surface area (Å²) in [5, 5.41) is 12.5. The highest BCUT2D eigenvalue weighted by Crippen LogP contribution is 2.49. The average molecular weight is 725 g/mol. The molecule has 0 unspecified atom stereocenters. The Morgan fingerprint density at radius 1 is 0.351 bits per heavy atom. The Bertz CT molecular complexity index is 3580. The van der Waals surface area contributed by atoms with Gasteiger partial charge in [-0.1, -0.05) is 176 Å². The zero-order chi connectivity index (χ0) is 37.6. The summed E-state index contributed by atoms with van der Waals surface area (Å²) >= 11 is 0. The molecule has 0 atom stereocenters. The summed E-state index contributed by atoms with van der Waals surface area (Å²) in [6.45, 7) is 0. The van der Waals surface area contributed by atoms with E-state index in [2.05, 4.69) is 211 Å². The Morgan fingerprint density at radius 3 is 1.72 bits per heavy atom. The standard InChI is InChI=1S/C55H36N2/c1-57-51-30-10-8-20-41(51)47-28-14-27-46(55(47)57)39-22-12-24-43-49(39)33-48-38(44-25-13-26-45-40-19-7-9-29-50(40)56-54(44)45)21-11-23-42(48)53(43)52-36-18-6-5-17-35(36)31-32-37(52)34-15-3-2-4-16-34/h2-33,56H,1H3. The number of nitrogens with one attached hydrogen (secondary N) is 1. The highest BCUT2D eigenvalue weighted by Gasteiger charge is 2.22. The number of aryl methyl sites for hydroxylation is 1. The first-order valence-electron chi connectivity index (χ1n) is 19.8. The molecule has 10 aromatic carbocycles. The Hall–Kier alpha value is -7.42. The zero-order valence-corrected chi connectivity index (χ0v) is 31.4. The molecule has 0 bridgehead atoms. The van der Waals surface area contributed by atoms with Crippen molar-refractivity contribution in [2.45, 2.75) is 0 Å². The van der Waals surface area contributed by atoms with Gasteiger partial charge in [-0.2, -0.15) is 0 Å². The van der Waals surface area contributed by atoms with Gasteiger partial charge < -0.3 is 9.55 Å². The van der Waals surface area contributed by atoms with Crippen LogP contribution >= 0.6 is 0 Å². The second-order valence-corrected chi connectivity index (χ2v) is 15.3. The molecule has 12 rings (SSSR count). The summed E-state index contributed by atoms with van der Waals surface area (Å²) in [5.41, 5.74) is 14.6. The molecular weight excluding hydrogens is 689 g/mol. The smallest absolute Gasteiger partial charge is 0.0568 e. The number of fused-ring (bicyclic) bond motifs is 9. The summed E-state index contributed by atoms with van der Waals surface area (Å²) in [5.74, 6) is 0. The topological polar surface area (TPSA) is 20.7 Å². The van der Waals surface area contributed by atoms with E-state index in [1.807, 2.05) is 0 Å². The number of aromatic amines is 1. The lowest BCUT2D eigenvalue weighted by atomic mass is 9.82. The van der Waals surface area contributed by atoms with E-state index in [1.165, 1.54) is 109 Å². The molecule has 1 N–H and O–H groups in total. The molecule has 0 amide bonds. The summed E-state index contributed by atoms with van der Waals surface area (Å²) < 4.78 is 2.38. The molecule has 0 fully saturated rings. The van der Waals surface area contributed by atoms with E-state index in [1.54, 1.807) is 0 Å². The van der Waals surface area contributed by atoms with Crippen LogP contribution in [0.1, 0.15) is 0 Å². The number of benzene rings is 10. The van der Waals surface area contributed by atoms with Crippen molar-refractivity contribution in [1.29, 1.82) is 0 Å². The normalized spacial score (nSPS) is 11.9. The van der Waals surface area contributed by atoms with Crippen LogP contribution in [0.5, 0.6) is 0 Å². The number of rotatable bonds is 4. The van der Waals surface area contributed by atoms with Gasteiger partial charge in [-0.25, -0.2) is 0 Å². The number of hydrogen-bond donors (Lipinski definition) is 1. The van der Waals surface area contributed by atoms with E-state index in [9.17, 15) is 0 Å². The van der Waals surface area contributed by atoms with Gasteiger partial charge >= 0.3 is 0 Å². The number of hydrogen-bond acceptors (Lipinski definition) is 0. The first-order chi connectivity index (χ1) is 28.2. The van der Waals surface area contributed by atoms with Gasteiger partial charge in [-0.05, 0) is 83.9 Å². The van der Waals surface area contributed by atoms with Crippen LogP contribution in [0, 0.1) is 0 Å². The molecule has 0 aliphatic heterocycles. The van der Waals surface area contributed by atoms with Gasteiger partial charge in [0.05, 0.1) is 11.0 Å². The van der Waals surface area contributed by atoms with Gasteiger partial charge in [0.1, 0.15) is 0 Å². The SMILES string of the molecule is Cn1c2ccccc2c2cccc(-c3cccc4c(-c5c(-c6ccccc6)ccc6ccccc56)c5cccc(-c6cccc7c6[nH]c6ccccc67)c5cc34)c21. The minimum atomic E-state index is 1.15. The van der Waals surface area contributed by atoms with E-state index in [0.29, 0.717) is 0 Å². The third kappa shape index (κ3) is 4.65. The number of nitrogens with zero attached hydrogens (tertiary/aromatic N) is 1. The second kappa shape index (κ2) is 12.3. The maximum absolute atomic E-state index is 3.82. The fraction of sp³-hybridized carbons (Fsp3) is 0.0182. The highest BCUT2D eigenvalue weighted by atomic mass is 14.9. The van der Waals surface area contributed by atoms with Crippen molar-refractivity contribution in [3.05, 3.63) is 194 Å². The van der Waals surface area contributed by atoms with Crippen LogP contribution in [0.25, 0.3) is 120 Å². The van der Waals surface area contributed by atoms with Gasteiger partial charge in [0.25, 0.3) is 0 Å². The van der Waals surface area contributed by atoms with Gasteiger partial charge in [-0.3, -0.25) is 0 Å². The van der Waals surface area contributed by atoms with E-state index in [4.69, 9.17) is 0 Å². The zero-order valence-electron chi connectivity index (χ0n) is 31.4. The van der Waals surface area contributed by atoms with Crippen LogP contribution in [0.4, 0.5) is 0 Å². The first kappa shape index (κ1) is 31.9. The highest BCUT2D eigenvalue weighted by molar-refractivity contribution is 6.25. The Morgan fingerprint density at radius 2 is 0.930 bits per heavy atom. The molecule has 2 heterocycles. The molecule has 0 aliphatic carbocycles. The molecule has 0 aliphatic rings. The molecule has 12 aromatic rings. The fourth-order valence-electron chi connectivity index (χ4n) is 9.86. The predicted octanol–water partition coefficient (Wildman–Crippen LogP) is 15.1. The van der Waals surface area contributed by atoms with Gasteiger partial charge in [-0.15, -0.1) is 0 Å². The largest absolute Gasteiger partial charge is 0.354 e. The van der Waals surface area contributed by atoms with Crippen LogP contribution in [0.15, 0.2) is 194 Å². The molecular formula is C55H36N2. The molecule has 2 aromatic heterocycles. The molecule has 0 saturated carbocycles. The third-order valence-corrected chi connectivity index (χ3v) is 12.4. The summed E-state index contributed by atoms with van der Waals surface area (Å²) in [7, 11) is 2.21. The van der Waals surface area contributed by atoms with E-state index >= 15 is 0 Å². The van der Waals surface area contributed by atoms with Gasteiger partial charge in [0.15, 0.2) is 0 Å². The number of aromatic nitrogens is 2. The van der Waals surface area contributed by atoms with Crippen molar-refractivity contribution in [3.8, 4) is 44.5 Å². The van der Waals surface area contributed by atoms with Crippen LogP contribution in [-0.4, -0.2) is 9.55 Å². The van der Waals surface area contributed by atoms with Crippen molar-refractivity contribution in [2.24, 2.45) is 7.05 Å². The van der Waals surface area contributed by atoms with Crippen molar-refractivity contribution in [3.63, 3.8) is 0 Å². The van der Waals surface area contributed by atoms with Gasteiger partial charge in [0, 0.05) is 50.8 Å². The summed E-state index contributed by atoms with van der Waals surface area (Å²) in [4.78, 5) is 3.82. The quantitative estimate of drug-likeness (QED) is 0.175. The molecule has 0 spiro atoms. The van der Waals surface area contributed by atoms with E-state index in [-0.39, 0.29) is 0 Å². The molecule has 2 nitrogen and oxygen atoms in total. The monoisotopic (exact) mass is 724 g/mol. The van der Waals surface area contributed by atoms with E-state index < -0.39 is 0 Å². The summed E-state index contributed by atoms with van der Waals surface area (Å²) in [6.07, 6.45) is 0. The predicted molar refractivity (Wildman–Crippen MR) is 244 cm³/mol. The van der Waals surface area contributed by atoms with Crippen molar-refractivity contribution in [2.75, 3.05) is 0 Å². The Balaban J connectivity index is 1.27. The minimum Gasteiger partial charge on any atom is -0.354 e. The van der Waals surface area contributed by atoms with Crippen LogP contribution < -0.4 is 0 Å². The third-order valence-electron chi connectivity index (χ3n) is 12.4. The molecule has 266 valence electrons.